The highest BCUT2D eigenvalue weighted by Crippen LogP contribution is 2.25. The summed E-state index contributed by atoms with van der Waals surface area (Å²) in [5.74, 6) is 0. The topological polar surface area (TPSA) is 56.5 Å². The number of hydrogen-bond acceptors (Lipinski definition) is 4. The Hall–Kier alpha value is -1.59. The van der Waals surface area contributed by atoms with Crippen LogP contribution in [0.3, 0.4) is 0 Å². The third-order valence-corrected chi connectivity index (χ3v) is 4.10. The van der Waals surface area contributed by atoms with Crippen LogP contribution in [-0.4, -0.2) is 21.4 Å². The largest absolute Gasteiger partial charge is 0.390 e. The fourth-order valence-electron chi connectivity index (χ4n) is 2.34. The van der Waals surface area contributed by atoms with E-state index in [0.717, 1.165) is 18.6 Å². The Morgan fingerprint density at radius 1 is 1.38 bits per heavy atom. The van der Waals surface area contributed by atoms with Gasteiger partial charge in [-0.1, -0.05) is 35.3 Å². The molecule has 1 aliphatic rings. The number of rotatable bonds is 3. The summed E-state index contributed by atoms with van der Waals surface area (Å²) >= 11 is 12.2. The molecule has 1 aromatic heterocycles. The van der Waals surface area contributed by atoms with Crippen LogP contribution < -0.4 is 5.56 Å². The van der Waals surface area contributed by atoms with Gasteiger partial charge >= 0.3 is 0 Å². The zero-order valence-electron chi connectivity index (χ0n) is 11.3. The van der Waals surface area contributed by atoms with E-state index in [0.29, 0.717) is 27.5 Å². The molecule has 21 heavy (non-hydrogen) atoms. The van der Waals surface area contributed by atoms with Gasteiger partial charge in [0.15, 0.2) is 6.10 Å². The first-order valence-electron chi connectivity index (χ1n) is 6.65. The summed E-state index contributed by atoms with van der Waals surface area (Å²) < 4.78 is 1.49. The van der Waals surface area contributed by atoms with Crippen LogP contribution in [0, 0.1) is 0 Å². The van der Waals surface area contributed by atoms with Crippen molar-refractivity contribution in [3.8, 4) is 0 Å². The molecule has 0 spiro atoms. The van der Waals surface area contributed by atoms with Crippen molar-refractivity contribution >= 4 is 39.8 Å². The van der Waals surface area contributed by atoms with Gasteiger partial charge in [0.25, 0.3) is 5.56 Å². The minimum absolute atomic E-state index is 0.144. The lowest BCUT2D eigenvalue weighted by Gasteiger charge is -2.11. The molecular weight excluding hydrogens is 313 g/mol. The molecule has 0 fully saturated rings. The maximum absolute atomic E-state index is 12.5. The molecule has 0 N–H and O–H groups in total. The highest BCUT2D eigenvalue weighted by Gasteiger charge is 2.21. The smallest absolute Gasteiger partial charge is 0.262 e. The van der Waals surface area contributed by atoms with E-state index in [1.54, 1.807) is 12.1 Å². The zero-order valence-corrected chi connectivity index (χ0v) is 12.9. The van der Waals surface area contributed by atoms with E-state index >= 15 is 0 Å². The van der Waals surface area contributed by atoms with Gasteiger partial charge in [-0.3, -0.25) is 9.36 Å². The molecule has 1 aromatic carbocycles. The van der Waals surface area contributed by atoms with Crippen molar-refractivity contribution in [2.75, 3.05) is 0 Å². The number of nitrogens with zero attached hydrogens (tertiary/aromatic N) is 3. The molecule has 0 saturated carbocycles. The van der Waals surface area contributed by atoms with Gasteiger partial charge in [0.2, 0.25) is 0 Å². The fourth-order valence-corrected chi connectivity index (χ4v) is 2.78. The normalized spacial score (nSPS) is 17.9. The first-order chi connectivity index (χ1) is 10.1. The Balaban J connectivity index is 1.96. The van der Waals surface area contributed by atoms with Gasteiger partial charge < -0.3 is 4.84 Å². The van der Waals surface area contributed by atoms with Gasteiger partial charge in [-0.2, -0.15) is 0 Å². The molecule has 0 amide bonds. The van der Waals surface area contributed by atoms with Crippen molar-refractivity contribution < 1.29 is 4.84 Å². The van der Waals surface area contributed by atoms with Gasteiger partial charge in [-0.05, 0) is 18.6 Å². The van der Waals surface area contributed by atoms with Crippen LogP contribution in [0.25, 0.3) is 10.9 Å². The minimum atomic E-state index is -0.221. The second-order valence-electron chi connectivity index (χ2n) is 4.90. The van der Waals surface area contributed by atoms with Gasteiger partial charge in [0, 0.05) is 6.42 Å². The fraction of sp³-hybridized carbons (Fsp3) is 0.357. The molecule has 2 heterocycles. The van der Waals surface area contributed by atoms with Crippen LogP contribution in [0.15, 0.2) is 28.4 Å². The van der Waals surface area contributed by atoms with Crippen molar-refractivity contribution in [3.05, 3.63) is 38.9 Å². The second kappa shape index (κ2) is 5.66. The van der Waals surface area contributed by atoms with E-state index < -0.39 is 0 Å². The predicted octanol–water partition coefficient (Wildman–Crippen LogP) is 3.26. The lowest BCUT2D eigenvalue weighted by Crippen LogP contribution is -2.27. The zero-order chi connectivity index (χ0) is 15.0. The van der Waals surface area contributed by atoms with Crippen molar-refractivity contribution in [1.29, 1.82) is 0 Å². The number of halogens is 2. The molecule has 0 saturated heterocycles. The van der Waals surface area contributed by atoms with E-state index in [2.05, 4.69) is 10.1 Å². The van der Waals surface area contributed by atoms with E-state index in [-0.39, 0.29) is 11.7 Å². The van der Waals surface area contributed by atoms with Crippen LogP contribution in [0.2, 0.25) is 10.0 Å². The van der Waals surface area contributed by atoms with E-state index in [4.69, 9.17) is 28.0 Å². The summed E-state index contributed by atoms with van der Waals surface area (Å²) in [5.41, 5.74) is 1.20. The molecule has 2 aromatic rings. The lowest BCUT2D eigenvalue weighted by atomic mass is 10.1. The van der Waals surface area contributed by atoms with Gasteiger partial charge in [0.1, 0.15) is 0 Å². The van der Waals surface area contributed by atoms with Crippen LogP contribution in [0.5, 0.6) is 0 Å². The molecule has 0 bridgehead atoms. The first kappa shape index (κ1) is 14.4. The molecule has 5 nitrogen and oxygen atoms in total. The molecule has 110 valence electrons. The Kier molecular flexibility index (Phi) is 3.87. The first-order valence-corrected chi connectivity index (χ1v) is 7.40. The second-order valence-corrected chi connectivity index (χ2v) is 5.71. The van der Waals surface area contributed by atoms with Crippen molar-refractivity contribution in [2.45, 2.75) is 32.4 Å². The average Bonchev–Trinajstić information content (AvgIpc) is 2.93. The number of fused-ring (bicyclic) bond motifs is 1. The molecule has 1 atom stereocenters. The molecule has 3 rings (SSSR count). The Labute approximate surface area is 131 Å². The Morgan fingerprint density at radius 3 is 2.86 bits per heavy atom. The number of hydrogen-bond donors (Lipinski definition) is 0. The Bertz CT molecular complexity index is 786. The standard InChI is InChI=1S/C14H13Cl2N3O2/c1-2-8-5-9(21-18-8)6-19-7-17-13-11(16)4-3-10(15)12(13)14(19)20/h3-4,7,9H,2,5-6H2,1H3/t9-/m1/s1. The monoisotopic (exact) mass is 325 g/mol. The Morgan fingerprint density at radius 2 is 2.14 bits per heavy atom. The summed E-state index contributed by atoms with van der Waals surface area (Å²) in [7, 11) is 0. The maximum Gasteiger partial charge on any atom is 0.262 e. The van der Waals surface area contributed by atoms with Crippen LogP contribution in [-0.2, 0) is 11.4 Å². The maximum atomic E-state index is 12.5. The summed E-state index contributed by atoms with van der Waals surface area (Å²) in [5, 5.41) is 5.08. The molecule has 7 heteroatoms. The number of aromatic nitrogens is 2. The minimum Gasteiger partial charge on any atom is -0.390 e. The van der Waals surface area contributed by atoms with Gasteiger partial charge in [-0.25, -0.2) is 4.98 Å². The van der Waals surface area contributed by atoms with Crippen molar-refractivity contribution in [2.24, 2.45) is 5.16 Å². The van der Waals surface area contributed by atoms with Crippen molar-refractivity contribution in [1.82, 2.24) is 9.55 Å². The summed E-state index contributed by atoms with van der Waals surface area (Å²) in [6.07, 6.45) is 2.91. The van der Waals surface area contributed by atoms with E-state index in [1.165, 1.54) is 10.9 Å². The molecule has 0 unspecified atom stereocenters. The predicted molar refractivity (Wildman–Crippen MR) is 83.2 cm³/mol. The summed E-state index contributed by atoms with van der Waals surface area (Å²) in [6, 6.07) is 3.23. The van der Waals surface area contributed by atoms with Crippen molar-refractivity contribution in [3.63, 3.8) is 0 Å². The third kappa shape index (κ3) is 2.63. The highest BCUT2D eigenvalue weighted by atomic mass is 35.5. The summed E-state index contributed by atoms with van der Waals surface area (Å²) in [4.78, 5) is 22.1. The van der Waals surface area contributed by atoms with Crippen LogP contribution in [0.1, 0.15) is 19.8 Å². The van der Waals surface area contributed by atoms with E-state index in [1.807, 2.05) is 6.92 Å². The SMILES string of the molecule is CCC1=NO[C@@H](Cn2cnc3c(Cl)ccc(Cl)c3c2=O)C1. The highest BCUT2D eigenvalue weighted by molar-refractivity contribution is 6.39. The number of benzene rings is 1. The molecule has 1 aliphatic heterocycles. The average molecular weight is 326 g/mol. The van der Waals surface area contributed by atoms with E-state index in [9.17, 15) is 4.79 Å². The lowest BCUT2D eigenvalue weighted by molar-refractivity contribution is 0.0716. The van der Waals surface area contributed by atoms with Gasteiger partial charge in [-0.15, -0.1) is 0 Å². The van der Waals surface area contributed by atoms with Gasteiger partial charge in [0.05, 0.1) is 39.5 Å². The number of oxime groups is 1. The quantitative estimate of drug-likeness (QED) is 0.870. The third-order valence-electron chi connectivity index (χ3n) is 3.48. The van der Waals surface area contributed by atoms with Crippen LogP contribution >= 0.6 is 23.2 Å². The van der Waals surface area contributed by atoms with Crippen LogP contribution in [0.4, 0.5) is 0 Å². The molecule has 0 radical (unpaired) electrons. The summed E-state index contributed by atoms with van der Waals surface area (Å²) in [6.45, 7) is 2.41. The molecular formula is C14H13Cl2N3O2. The molecule has 0 aliphatic carbocycles.